The summed E-state index contributed by atoms with van der Waals surface area (Å²) in [5, 5.41) is 5.94. The minimum Gasteiger partial charge on any atom is -0.350 e. The van der Waals surface area contributed by atoms with Gasteiger partial charge in [0.1, 0.15) is 0 Å². The first-order valence-corrected chi connectivity index (χ1v) is 5.39. The number of H-pyrrole nitrogens is 1. The van der Waals surface area contributed by atoms with E-state index in [1.165, 1.54) is 0 Å². The normalized spacial score (nSPS) is 11.5. The van der Waals surface area contributed by atoms with Gasteiger partial charge in [0.05, 0.1) is 18.6 Å². The summed E-state index contributed by atoms with van der Waals surface area (Å²) in [5.41, 5.74) is 1.80. The molecule has 16 heavy (non-hydrogen) atoms. The third kappa shape index (κ3) is 4.44. The minimum absolute atomic E-state index is 0.000638. The number of nitrogens with zero attached hydrogens (tertiary/aromatic N) is 1. The number of carbonyl (C=O) groups is 1. The minimum atomic E-state index is -0.180. The van der Waals surface area contributed by atoms with Gasteiger partial charge < -0.3 is 15.6 Å². The van der Waals surface area contributed by atoms with Crippen LogP contribution in [0.15, 0.2) is 6.33 Å². The molecule has 0 spiro atoms. The second-order valence-electron chi connectivity index (χ2n) is 4.88. The van der Waals surface area contributed by atoms with Crippen molar-refractivity contribution in [1.29, 1.82) is 0 Å². The van der Waals surface area contributed by atoms with Gasteiger partial charge in [0.25, 0.3) is 0 Å². The summed E-state index contributed by atoms with van der Waals surface area (Å²) in [5.74, 6) is 0.000638. The smallest absolute Gasteiger partial charge is 0.234 e. The highest BCUT2D eigenvalue weighted by Crippen LogP contribution is 1.99. The topological polar surface area (TPSA) is 69.8 Å². The van der Waals surface area contributed by atoms with E-state index < -0.39 is 0 Å². The molecule has 0 fully saturated rings. The van der Waals surface area contributed by atoms with E-state index in [4.69, 9.17) is 0 Å². The van der Waals surface area contributed by atoms with Crippen molar-refractivity contribution in [3.8, 4) is 0 Å². The summed E-state index contributed by atoms with van der Waals surface area (Å²) in [6.07, 6.45) is 1.65. The van der Waals surface area contributed by atoms with E-state index in [0.29, 0.717) is 13.1 Å². The zero-order valence-corrected chi connectivity index (χ0v) is 10.3. The van der Waals surface area contributed by atoms with Crippen LogP contribution in [0.5, 0.6) is 0 Å². The van der Waals surface area contributed by atoms with E-state index in [1.54, 1.807) is 6.33 Å². The Morgan fingerprint density at radius 2 is 2.19 bits per heavy atom. The van der Waals surface area contributed by atoms with Gasteiger partial charge in [0.2, 0.25) is 5.91 Å². The molecule has 0 saturated carbocycles. The van der Waals surface area contributed by atoms with Crippen molar-refractivity contribution in [3.05, 3.63) is 17.7 Å². The lowest BCUT2D eigenvalue weighted by molar-refractivity contribution is -0.121. The fourth-order valence-corrected chi connectivity index (χ4v) is 1.32. The number of nitrogens with one attached hydrogen (secondary N) is 3. The lowest BCUT2D eigenvalue weighted by Gasteiger charge is -2.20. The lowest BCUT2D eigenvalue weighted by Crippen LogP contribution is -2.44. The number of imidazole rings is 1. The molecule has 1 heterocycles. The van der Waals surface area contributed by atoms with Gasteiger partial charge in [-0.1, -0.05) is 0 Å². The Bertz CT molecular complexity index is 351. The monoisotopic (exact) mass is 224 g/mol. The molecule has 0 bridgehead atoms. The third-order valence-corrected chi connectivity index (χ3v) is 2.03. The van der Waals surface area contributed by atoms with Crippen molar-refractivity contribution in [3.63, 3.8) is 0 Å². The largest absolute Gasteiger partial charge is 0.350 e. The molecule has 0 atom stereocenters. The van der Waals surface area contributed by atoms with Gasteiger partial charge >= 0.3 is 0 Å². The number of rotatable bonds is 4. The number of carbonyl (C=O) groups excluding carboxylic acids is 1. The van der Waals surface area contributed by atoms with E-state index >= 15 is 0 Å². The molecule has 3 N–H and O–H groups in total. The number of aromatic nitrogens is 2. The Morgan fingerprint density at radius 1 is 1.50 bits per heavy atom. The lowest BCUT2D eigenvalue weighted by atomic mass is 10.1. The predicted octanol–water partition coefficient (Wildman–Crippen LogP) is 0.722. The van der Waals surface area contributed by atoms with Crippen molar-refractivity contribution in [2.75, 3.05) is 6.54 Å². The summed E-state index contributed by atoms with van der Waals surface area (Å²) in [6, 6.07) is 0. The molecule has 5 heteroatoms. The van der Waals surface area contributed by atoms with Crippen LogP contribution in [0.25, 0.3) is 0 Å². The molecular formula is C11H20N4O. The average Bonchev–Trinajstić information content (AvgIpc) is 2.48. The van der Waals surface area contributed by atoms with Crippen LogP contribution in [0, 0.1) is 6.92 Å². The van der Waals surface area contributed by atoms with Crippen LogP contribution in [0.2, 0.25) is 0 Å². The maximum atomic E-state index is 11.5. The second kappa shape index (κ2) is 5.12. The predicted molar refractivity (Wildman–Crippen MR) is 62.9 cm³/mol. The molecular weight excluding hydrogens is 204 g/mol. The maximum Gasteiger partial charge on any atom is 0.234 e. The Kier molecular flexibility index (Phi) is 4.06. The molecule has 90 valence electrons. The van der Waals surface area contributed by atoms with Crippen molar-refractivity contribution in [1.82, 2.24) is 20.6 Å². The molecule has 0 saturated heterocycles. The second-order valence-corrected chi connectivity index (χ2v) is 4.88. The number of hydrogen-bond donors (Lipinski definition) is 3. The molecule has 1 aromatic rings. The van der Waals surface area contributed by atoms with E-state index in [9.17, 15) is 4.79 Å². The van der Waals surface area contributed by atoms with Crippen LogP contribution in [-0.2, 0) is 11.3 Å². The highest BCUT2D eigenvalue weighted by molar-refractivity contribution is 5.78. The molecule has 0 unspecified atom stereocenters. The van der Waals surface area contributed by atoms with E-state index in [-0.39, 0.29) is 11.4 Å². The number of aromatic amines is 1. The SMILES string of the molecule is Cc1[nH]cnc1CNCC(=O)NC(C)(C)C. The highest BCUT2D eigenvalue weighted by atomic mass is 16.2. The van der Waals surface area contributed by atoms with E-state index in [1.807, 2.05) is 27.7 Å². The van der Waals surface area contributed by atoms with Crippen molar-refractivity contribution in [2.24, 2.45) is 0 Å². The van der Waals surface area contributed by atoms with Crippen LogP contribution in [0.4, 0.5) is 0 Å². The van der Waals surface area contributed by atoms with Crippen molar-refractivity contribution >= 4 is 5.91 Å². The number of amides is 1. The van der Waals surface area contributed by atoms with E-state index in [0.717, 1.165) is 11.4 Å². The molecule has 0 aromatic carbocycles. The summed E-state index contributed by atoms with van der Waals surface area (Å²) >= 11 is 0. The van der Waals surface area contributed by atoms with Gasteiger partial charge in [0, 0.05) is 17.8 Å². The van der Waals surface area contributed by atoms with Gasteiger partial charge in [0.15, 0.2) is 0 Å². The zero-order valence-electron chi connectivity index (χ0n) is 10.3. The number of hydrogen-bond acceptors (Lipinski definition) is 3. The molecule has 5 nitrogen and oxygen atoms in total. The van der Waals surface area contributed by atoms with Crippen LogP contribution in [-0.4, -0.2) is 28.0 Å². The Morgan fingerprint density at radius 3 is 2.69 bits per heavy atom. The van der Waals surface area contributed by atoms with Gasteiger partial charge in [-0.15, -0.1) is 0 Å². The standard InChI is InChI=1S/C11H20N4O/c1-8-9(14-7-13-8)5-12-6-10(16)15-11(2,3)4/h7,12H,5-6H2,1-4H3,(H,13,14)(H,15,16). The summed E-state index contributed by atoms with van der Waals surface area (Å²) in [4.78, 5) is 18.6. The number of aryl methyl sites for hydroxylation is 1. The molecule has 1 aromatic heterocycles. The van der Waals surface area contributed by atoms with Crippen molar-refractivity contribution < 1.29 is 4.79 Å². The molecule has 0 aliphatic carbocycles. The Hall–Kier alpha value is -1.36. The fourth-order valence-electron chi connectivity index (χ4n) is 1.32. The van der Waals surface area contributed by atoms with Crippen LogP contribution in [0.3, 0.4) is 0 Å². The third-order valence-electron chi connectivity index (χ3n) is 2.03. The molecule has 1 rings (SSSR count). The first-order chi connectivity index (χ1) is 7.38. The van der Waals surface area contributed by atoms with E-state index in [2.05, 4.69) is 20.6 Å². The van der Waals surface area contributed by atoms with Crippen LogP contribution < -0.4 is 10.6 Å². The fraction of sp³-hybridized carbons (Fsp3) is 0.636. The molecule has 1 amide bonds. The summed E-state index contributed by atoms with van der Waals surface area (Å²) in [6.45, 7) is 8.75. The van der Waals surface area contributed by atoms with Gasteiger partial charge in [-0.2, -0.15) is 0 Å². The average molecular weight is 224 g/mol. The summed E-state index contributed by atoms with van der Waals surface area (Å²) in [7, 11) is 0. The maximum absolute atomic E-state index is 11.5. The Labute approximate surface area is 96.0 Å². The molecule has 0 aliphatic rings. The molecule has 0 radical (unpaired) electrons. The molecule has 0 aliphatic heterocycles. The first-order valence-electron chi connectivity index (χ1n) is 5.39. The Balaban J connectivity index is 2.26. The van der Waals surface area contributed by atoms with Crippen LogP contribution >= 0.6 is 0 Å². The highest BCUT2D eigenvalue weighted by Gasteiger charge is 2.13. The quantitative estimate of drug-likeness (QED) is 0.706. The first kappa shape index (κ1) is 12.7. The van der Waals surface area contributed by atoms with Gasteiger partial charge in [-0.3, -0.25) is 4.79 Å². The van der Waals surface area contributed by atoms with Gasteiger partial charge in [-0.05, 0) is 27.7 Å². The zero-order chi connectivity index (χ0) is 12.2. The van der Waals surface area contributed by atoms with Gasteiger partial charge in [-0.25, -0.2) is 4.98 Å². The van der Waals surface area contributed by atoms with Crippen molar-refractivity contribution in [2.45, 2.75) is 39.8 Å². The summed E-state index contributed by atoms with van der Waals surface area (Å²) < 4.78 is 0. The van der Waals surface area contributed by atoms with Crippen LogP contribution in [0.1, 0.15) is 32.2 Å².